The molecule has 0 aliphatic heterocycles. The zero-order valence-corrected chi connectivity index (χ0v) is 13.6. The van der Waals surface area contributed by atoms with Crippen molar-refractivity contribution >= 4 is 17.5 Å². The summed E-state index contributed by atoms with van der Waals surface area (Å²) >= 11 is 6.19. The van der Waals surface area contributed by atoms with Gasteiger partial charge in [0.25, 0.3) is 0 Å². The average molecular weight is 309 g/mol. The molecule has 1 aromatic carbocycles. The molecule has 3 N–H and O–H groups in total. The first-order valence-electron chi connectivity index (χ1n) is 7.67. The van der Waals surface area contributed by atoms with Crippen LogP contribution in [0.2, 0.25) is 5.02 Å². The van der Waals surface area contributed by atoms with E-state index >= 15 is 0 Å². The summed E-state index contributed by atoms with van der Waals surface area (Å²) in [6, 6.07) is 7.95. The largest absolute Gasteiger partial charge is 0.351 e. The summed E-state index contributed by atoms with van der Waals surface area (Å²) in [5, 5.41) is 3.87. The molecule has 0 aromatic heterocycles. The smallest absolute Gasteiger partial charge is 0.220 e. The number of amides is 1. The highest BCUT2D eigenvalue weighted by atomic mass is 35.5. The molecule has 3 nitrogen and oxygen atoms in total. The van der Waals surface area contributed by atoms with Crippen LogP contribution >= 0.6 is 11.6 Å². The summed E-state index contributed by atoms with van der Waals surface area (Å²) in [7, 11) is 0. The van der Waals surface area contributed by atoms with Crippen LogP contribution in [-0.4, -0.2) is 17.5 Å². The molecule has 1 saturated carbocycles. The number of carbonyl (C=O) groups excluding carboxylic acids is 1. The standard InChI is InChI=1S/C17H25ClN2O/c1-17(2,11-13-6-3-4-8-14(13)18)20-16(21)10-12-7-5-9-15(12)19/h3-4,6,8,12,15H,5,7,9-11,19H2,1-2H3,(H,20,21)/t12-,15+/m0/s1. The van der Waals surface area contributed by atoms with Gasteiger partial charge in [0.05, 0.1) is 0 Å². The minimum atomic E-state index is -0.315. The molecule has 1 fully saturated rings. The number of hydrogen-bond acceptors (Lipinski definition) is 2. The van der Waals surface area contributed by atoms with Gasteiger partial charge in [0.1, 0.15) is 0 Å². The van der Waals surface area contributed by atoms with E-state index in [1.54, 1.807) is 0 Å². The molecule has 116 valence electrons. The van der Waals surface area contributed by atoms with E-state index in [1.165, 1.54) is 0 Å². The van der Waals surface area contributed by atoms with Gasteiger partial charge < -0.3 is 11.1 Å². The fourth-order valence-electron chi connectivity index (χ4n) is 3.15. The van der Waals surface area contributed by atoms with Crippen LogP contribution in [0.3, 0.4) is 0 Å². The van der Waals surface area contributed by atoms with E-state index < -0.39 is 0 Å². The first-order chi connectivity index (χ1) is 9.87. The Bertz CT molecular complexity index is 501. The van der Waals surface area contributed by atoms with Gasteiger partial charge in [-0.15, -0.1) is 0 Å². The summed E-state index contributed by atoms with van der Waals surface area (Å²) in [5.74, 6) is 0.426. The molecule has 4 heteroatoms. The molecule has 2 rings (SSSR count). The molecule has 0 unspecified atom stereocenters. The maximum atomic E-state index is 12.2. The third-order valence-corrected chi connectivity index (χ3v) is 4.60. The van der Waals surface area contributed by atoms with E-state index in [1.807, 2.05) is 38.1 Å². The van der Waals surface area contributed by atoms with E-state index in [9.17, 15) is 4.79 Å². The van der Waals surface area contributed by atoms with Crippen molar-refractivity contribution < 1.29 is 4.79 Å². The van der Waals surface area contributed by atoms with Gasteiger partial charge in [-0.25, -0.2) is 0 Å². The minimum Gasteiger partial charge on any atom is -0.351 e. The summed E-state index contributed by atoms with van der Waals surface area (Å²) in [6.07, 6.45) is 4.50. The molecule has 0 radical (unpaired) electrons. The van der Waals surface area contributed by atoms with E-state index in [0.29, 0.717) is 12.3 Å². The highest BCUT2D eigenvalue weighted by molar-refractivity contribution is 6.31. The Hall–Kier alpha value is -1.06. The highest BCUT2D eigenvalue weighted by Gasteiger charge is 2.28. The van der Waals surface area contributed by atoms with Crippen molar-refractivity contribution in [1.29, 1.82) is 0 Å². The van der Waals surface area contributed by atoms with Crippen LogP contribution in [0.5, 0.6) is 0 Å². The molecule has 0 spiro atoms. The lowest BCUT2D eigenvalue weighted by atomic mass is 9.93. The first kappa shape index (κ1) is 16.3. The third-order valence-electron chi connectivity index (χ3n) is 4.23. The van der Waals surface area contributed by atoms with Crippen molar-refractivity contribution in [3.63, 3.8) is 0 Å². The van der Waals surface area contributed by atoms with Gasteiger partial charge in [0, 0.05) is 23.0 Å². The van der Waals surface area contributed by atoms with Crippen molar-refractivity contribution in [3.8, 4) is 0 Å². The molecular formula is C17H25ClN2O. The second-order valence-corrected chi connectivity index (χ2v) is 7.17. The molecule has 1 amide bonds. The minimum absolute atomic E-state index is 0.0920. The molecule has 1 aromatic rings. The number of nitrogens with two attached hydrogens (primary N) is 1. The normalized spacial score (nSPS) is 22.3. The third kappa shape index (κ3) is 4.72. The average Bonchev–Trinajstić information content (AvgIpc) is 2.77. The van der Waals surface area contributed by atoms with Crippen LogP contribution in [0.25, 0.3) is 0 Å². The Balaban J connectivity index is 1.91. The van der Waals surface area contributed by atoms with Crippen LogP contribution in [0.4, 0.5) is 0 Å². The van der Waals surface area contributed by atoms with Gasteiger partial charge in [0.15, 0.2) is 0 Å². The Morgan fingerprint density at radius 3 is 2.71 bits per heavy atom. The van der Waals surface area contributed by atoms with Gasteiger partial charge in [-0.3, -0.25) is 4.79 Å². The molecule has 21 heavy (non-hydrogen) atoms. The monoisotopic (exact) mass is 308 g/mol. The van der Waals surface area contributed by atoms with E-state index in [2.05, 4.69) is 5.32 Å². The zero-order chi connectivity index (χ0) is 15.5. The van der Waals surface area contributed by atoms with Crippen molar-refractivity contribution in [1.82, 2.24) is 5.32 Å². The second-order valence-electron chi connectivity index (χ2n) is 6.76. The Morgan fingerprint density at radius 1 is 1.38 bits per heavy atom. The first-order valence-corrected chi connectivity index (χ1v) is 8.05. The Morgan fingerprint density at radius 2 is 2.10 bits per heavy atom. The summed E-state index contributed by atoms with van der Waals surface area (Å²) < 4.78 is 0. The summed E-state index contributed by atoms with van der Waals surface area (Å²) in [4.78, 5) is 12.2. The lowest BCUT2D eigenvalue weighted by Crippen LogP contribution is -2.46. The number of rotatable bonds is 5. The van der Waals surface area contributed by atoms with Gasteiger partial charge in [-0.1, -0.05) is 36.2 Å². The van der Waals surface area contributed by atoms with Gasteiger partial charge in [-0.2, -0.15) is 0 Å². The summed E-state index contributed by atoms with van der Waals surface area (Å²) in [5.41, 5.74) is 6.78. The number of carbonyl (C=O) groups is 1. The molecule has 1 aliphatic carbocycles. The predicted molar refractivity (Wildman–Crippen MR) is 87.3 cm³/mol. The van der Waals surface area contributed by atoms with E-state index in [0.717, 1.165) is 36.3 Å². The van der Waals surface area contributed by atoms with Gasteiger partial charge >= 0.3 is 0 Å². The molecule has 0 saturated heterocycles. The quantitative estimate of drug-likeness (QED) is 0.877. The number of hydrogen-bond donors (Lipinski definition) is 2. The van der Waals surface area contributed by atoms with E-state index in [4.69, 9.17) is 17.3 Å². The maximum Gasteiger partial charge on any atom is 0.220 e. The fourth-order valence-corrected chi connectivity index (χ4v) is 3.35. The SMILES string of the molecule is CC(C)(Cc1ccccc1Cl)NC(=O)C[C@@H]1CCC[C@H]1N. The Kier molecular flexibility index (Phi) is 5.28. The number of benzene rings is 1. The Labute approximate surface area is 132 Å². The topological polar surface area (TPSA) is 55.1 Å². The van der Waals surface area contributed by atoms with Crippen molar-refractivity contribution in [3.05, 3.63) is 34.9 Å². The van der Waals surface area contributed by atoms with Crippen LogP contribution in [0.15, 0.2) is 24.3 Å². The predicted octanol–water partition coefficient (Wildman–Crippen LogP) is 3.29. The zero-order valence-electron chi connectivity index (χ0n) is 12.9. The lowest BCUT2D eigenvalue weighted by molar-refractivity contribution is -0.123. The van der Waals surface area contributed by atoms with Crippen LogP contribution in [-0.2, 0) is 11.2 Å². The second kappa shape index (κ2) is 6.80. The van der Waals surface area contributed by atoms with Crippen LogP contribution in [0, 0.1) is 5.92 Å². The molecule has 1 aliphatic rings. The lowest BCUT2D eigenvalue weighted by Gasteiger charge is -2.28. The number of halogens is 1. The van der Waals surface area contributed by atoms with Gasteiger partial charge in [-0.05, 0) is 50.7 Å². The molecule has 0 bridgehead atoms. The molecule has 0 heterocycles. The van der Waals surface area contributed by atoms with Crippen molar-refractivity contribution in [2.24, 2.45) is 11.7 Å². The van der Waals surface area contributed by atoms with Crippen molar-refractivity contribution in [2.45, 2.75) is 57.5 Å². The van der Waals surface area contributed by atoms with Crippen LogP contribution in [0.1, 0.15) is 45.1 Å². The summed E-state index contributed by atoms with van der Waals surface area (Å²) in [6.45, 7) is 4.06. The molecule has 2 atom stereocenters. The highest BCUT2D eigenvalue weighted by Crippen LogP contribution is 2.27. The van der Waals surface area contributed by atoms with Crippen molar-refractivity contribution in [2.75, 3.05) is 0 Å². The fraction of sp³-hybridized carbons (Fsp3) is 0.588. The van der Waals surface area contributed by atoms with Gasteiger partial charge in [0.2, 0.25) is 5.91 Å². The van der Waals surface area contributed by atoms with Crippen LogP contribution < -0.4 is 11.1 Å². The van der Waals surface area contributed by atoms with E-state index in [-0.39, 0.29) is 17.5 Å². The maximum absolute atomic E-state index is 12.2. The number of nitrogens with one attached hydrogen (secondary N) is 1. The molecular weight excluding hydrogens is 284 g/mol.